The molecule has 0 bridgehead atoms. The third kappa shape index (κ3) is 1.24. The van der Waals surface area contributed by atoms with E-state index in [-0.39, 0.29) is 11.9 Å². The molecule has 4 rings (SSSR count). The Morgan fingerprint density at radius 1 is 1.00 bits per heavy atom. The number of hydrogen-bond acceptors (Lipinski definition) is 2. The average Bonchev–Trinajstić information content (AvgIpc) is 2.39. The molecule has 2 N–H and O–H groups in total. The summed E-state index contributed by atoms with van der Waals surface area (Å²) < 4.78 is 0. The standard InChI is InChI=1S/C14H11N3O2/c1-17-6-7-2-4-9-12-10(16-14(19)15-9)5-3-8(11(7)12)13(17)18/h2-5H,6H2,1H3,(H2,15,16,19). The maximum Gasteiger partial charge on any atom is 0.323 e. The predicted octanol–water partition coefficient (Wildman–Crippen LogP) is 2.38. The van der Waals surface area contributed by atoms with Crippen LogP contribution in [0.3, 0.4) is 0 Å². The van der Waals surface area contributed by atoms with E-state index in [2.05, 4.69) is 10.6 Å². The summed E-state index contributed by atoms with van der Waals surface area (Å²) in [6.45, 7) is 0.597. The second kappa shape index (κ2) is 3.26. The van der Waals surface area contributed by atoms with Crippen LogP contribution in [0, 0.1) is 0 Å². The molecule has 2 aromatic rings. The van der Waals surface area contributed by atoms with Gasteiger partial charge in [-0.2, -0.15) is 0 Å². The molecule has 0 aliphatic carbocycles. The molecule has 2 aliphatic rings. The highest BCUT2D eigenvalue weighted by molar-refractivity contribution is 6.23. The minimum Gasteiger partial charge on any atom is -0.337 e. The van der Waals surface area contributed by atoms with Crippen molar-refractivity contribution in [2.75, 3.05) is 17.7 Å². The maximum atomic E-state index is 12.2. The number of hydrogen-bond donors (Lipinski definition) is 2. The average molecular weight is 253 g/mol. The van der Waals surface area contributed by atoms with Crippen LogP contribution in [0.1, 0.15) is 15.9 Å². The summed E-state index contributed by atoms with van der Waals surface area (Å²) in [6, 6.07) is 7.21. The fraction of sp³-hybridized carbons (Fsp3) is 0.143. The highest BCUT2D eigenvalue weighted by Crippen LogP contribution is 2.40. The monoisotopic (exact) mass is 253 g/mol. The zero-order chi connectivity index (χ0) is 13.1. The number of amides is 3. The molecular weight excluding hydrogens is 242 g/mol. The number of anilines is 2. The zero-order valence-corrected chi connectivity index (χ0v) is 10.3. The summed E-state index contributed by atoms with van der Waals surface area (Å²) in [6.07, 6.45) is 0. The van der Waals surface area contributed by atoms with Crippen LogP contribution in [-0.2, 0) is 6.54 Å². The Morgan fingerprint density at radius 2 is 1.68 bits per heavy atom. The molecule has 0 spiro atoms. The van der Waals surface area contributed by atoms with Crippen molar-refractivity contribution in [3.8, 4) is 0 Å². The van der Waals surface area contributed by atoms with E-state index < -0.39 is 0 Å². The minimum absolute atomic E-state index is 0.0214. The molecule has 19 heavy (non-hydrogen) atoms. The van der Waals surface area contributed by atoms with Crippen molar-refractivity contribution in [3.05, 3.63) is 35.4 Å². The lowest BCUT2D eigenvalue weighted by molar-refractivity contribution is 0.0780. The minimum atomic E-state index is -0.241. The molecule has 0 saturated carbocycles. The maximum absolute atomic E-state index is 12.2. The first-order chi connectivity index (χ1) is 9.15. The van der Waals surface area contributed by atoms with Crippen molar-refractivity contribution in [1.29, 1.82) is 0 Å². The lowest BCUT2D eigenvalue weighted by Crippen LogP contribution is -2.31. The molecule has 0 aromatic heterocycles. The van der Waals surface area contributed by atoms with Gasteiger partial charge in [-0.3, -0.25) is 4.79 Å². The van der Waals surface area contributed by atoms with Gasteiger partial charge in [-0.25, -0.2) is 4.79 Å². The normalized spacial score (nSPS) is 16.4. The molecule has 3 amide bonds. The van der Waals surface area contributed by atoms with Crippen LogP contribution in [0.4, 0.5) is 16.2 Å². The Labute approximate surface area is 109 Å². The molecule has 0 atom stereocenters. The number of carbonyl (C=O) groups excluding carboxylic acids is 2. The van der Waals surface area contributed by atoms with E-state index in [0.29, 0.717) is 12.1 Å². The molecule has 5 nitrogen and oxygen atoms in total. The van der Waals surface area contributed by atoms with Gasteiger partial charge in [0, 0.05) is 29.9 Å². The molecule has 94 valence electrons. The third-order valence-corrected chi connectivity index (χ3v) is 3.73. The first kappa shape index (κ1) is 10.4. The fourth-order valence-corrected chi connectivity index (χ4v) is 2.89. The highest BCUT2D eigenvalue weighted by Gasteiger charge is 2.27. The summed E-state index contributed by atoms with van der Waals surface area (Å²) in [5.41, 5.74) is 3.33. The van der Waals surface area contributed by atoms with Crippen LogP contribution in [0.25, 0.3) is 10.8 Å². The van der Waals surface area contributed by atoms with Crippen molar-refractivity contribution in [2.45, 2.75) is 6.54 Å². The lowest BCUT2D eigenvalue weighted by Gasteiger charge is -2.29. The van der Waals surface area contributed by atoms with Crippen molar-refractivity contribution in [2.24, 2.45) is 0 Å². The Balaban J connectivity index is 2.15. The van der Waals surface area contributed by atoms with Gasteiger partial charge in [0.15, 0.2) is 0 Å². The van der Waals surface area contributed by atoms with Crippen LogP contribution in [0.2, 0.25) is 0 Å². The number of nitrogens with one attached hydrogen (secondary N) is 2. The van der Waals surface area contributed by atoms with E-state index in [1.165, 1.54) is 0 Å². The van der Waals surface area contributed by atoms with E-state index >= 15 is 0 Å². The first-order valence-electron chi connectivity index (χ1n) is 6.07. The topological polar surface area (TPSA) is 61.4 Å². The Morgan fingerprint density at radius 3 is 2.42 bits per heavy atom. The van der Waals surface area contributed by atoms with Crippen molar-refractivity contribution in [3.63, 3.8) is 0 Å². The number of carbonyl (C=O) groups is 2. The highest BCUT2D eigenvalue weighted by atomic mass is 16.2. The van der Waals surface area contributed by atoms with E-state index in [1.54, 1.807) is 24.1 Å². The van der Waals surface area contributed by atoms with Crippen LogP contribution < -0.4 is 10.6 Å². The van der Waals surface area contributed by atoms with E-state index in [9.17, 15) is 9.59 Å². The van der Waals surface area contributed by atoms with E-state index in [4.69, 9.17) is 0 Å². The van der Waals surface area contributed by atoms with Gasteiger partial charge in [-0.05, 0) is 23.8 Å². The molecule has 2 heterocycles. The smallest absolute Gasteiger partial charge is 0.323 e. The zero-order valence-electron chi connectivity index (χ0n) is 10.3. The Hall–Kier alpha value is -2.56. The van der Waals surface area contributed by atoms with E-state index in [1.807, 2.05) is 12.1 Å². The first-order valence-corrected chi connectivity index (χ1v) is 6.07. The van der Waals surface area contributed by atoms with Gasteiger partial charge in [-0.15, -0.1) is 0 Å². The quantitative estimate of drug-likeness (QED) is 0.757. The molecule has 0 unspecified atom stereocenters. The van der Waals surface area contributed by atoms with Crippen LogP contribution in [0.15, 0.2) is 24.3 Å². The van der Waals surface area contributed by atoms with Crippen molar-refractivity contribution >= 4 is 34.1 Å². The van der Waals surface area contributed by atoms with Crippen LogP contribution in [-0.4, -0.2) is 23.9 Å². The van der Waals surface area contributed by atoms with Gasteiger partial charge in [-0.1, -0.05) is 6.07 Å². The van der Waals surface area contributed by atoms with Crippen LogP contribution >= 0.6 is 0 Å². The summed E-state index contributed by atoms with van der Waals surface area (Å²) in [7, 11) is 1.80. The van der Waals surface area contributed by atoms with Crippen molar-refractivity contribution < 1.29 is 9.59 Å². The number of benzene rings is 2. The second-order valence-electron chi connectivity index (χ2n) is 4.92. The number of rotatable bonds is 0. The summed E-state index contributed by atoms with van der Waals surface area (Å²) in [4.78, 5) is 25.5. The van der Waals surface area contributed by atoms with Gasteiger partial charge in [0.2, 0.25) is 0 Å². The van der Waals surface area contributed by atoms with Gasteiger partial charge >= 0.3 is 6.03 Å². The summed E-state index contributed by atoms with van der Waals surface area (Å²) >= 11 is 0. The Kier molecular flexibility index (Phi) is 1.78. The molecule has 5 heteroatoms. The summed E-state index contributed by atoms with van der Waals surface area (Å²) in [5, 5.41) is 7.43. The molecule has 0 saturated heterocycles. The van der Waals surface area contributed by atoms with Gasteiger partial charge in [0.25, 0.3) is 5.91 Å². The second-order valence-corrected chi connectivity index (χ2v) is 4.92. The third-order valence-electron chi connectivity index (χ3n) is 3.73. The van der Waals surface area contributed by atoms with Crippen LogP contribution in [0.5, 0.6) is 0 Å². The molecule has 2 aromatic carbocycles. The van der Waals surface area contributed by atoms with Gasteiger partial charge < -0.3 is 15.5 Å². The van der Waals surface area contributed by atoms with E-state index in [0.717, 1.165) is 27.7 Å². The van der Waals surface area contributed by atoms with Gasteiger partial charge in [0.05, 0.1) is 11.4 Å². The number of urea groups is 1. The molecule has 0 fully saturated rings. The largest absolute Gasteiger partial charge is 0.337 e. The predicted molar refractivity (Wildman–Crippen MR) is 72.4 cm³/mol. The number of nitrogens with zero attached hydrogens (tertiary/aromatic N) is 1. The molecular formula is C14H11N3O2. The summed E-state index contributed by atoms with van der Waals surface area (Å²) in [5.74, 6) is 0.0214. The molecule has 0 radical (unpaired) electrons. The van der Waals surface area contributed by atoms with Crippen molar-refractivity contribution in [1.82, 2.24) is 4.90 Å². The lowest BCUT2D eigenvalue weighted by atomic mass is 9.92. The Bertz CT molecular complexity index is 753. The molecule has 2 aliphatic heterocycles. The SMILES string of the molecule is CN1Cc2ccc3c4c(ccc(c24)C1=O)NC(=O)N3. The van der Waals surface area contributed by atoms with Gasteiger partial charge in [0.1, 0.15) is 0 Å². The fourth-order valence-electron chi connectivity index (χ4n) is 2.89.